The Morgan fingerprint density at radius 2 is 1.81 bits per heavy atom. The third-order valence-electron chi connectivity index (χ3n) is 2.93. The van der Waals surface area contributed by atoms with Gasteiger partial charge in [0.2, 0.25) is 5.95 Å². The first-order chi connectivity index (χ1) is 10.3. The summed E-state index contributed by atoms with van der Waals surface area (Å²) in [5.41, 5.74) is 1.81. The van der Waals surface area contributed by atoms with E-state index in [1.807, 2.05) is 54.6 Å². The fourth-order valence-electron chi connectivity index (χ4n) is 1.91. The lowest BCUT2D eigenvalue weighted by molar-refractivity contribution is 0.415. The molecule has 0 bridgehead atoms. The highest BCUT2D eigenvalue weighted by atomic mass is 16.5. The zero-order valence-corrected chi connectivity index (χ0v) is 11.5. The van der Waals surface area contributed by atoms with Gasteiger partial charge in [-0.15, -0.1) is 0 Å². The van der Waals surface area contributed by atoms with Gasteiger partial charge in [-0.1, -0.05) is 36.4 Å². The monoisotopic (exact) mass is 278 g/mol. The summed E-state index contributed by atoms with van der Waals surface area (Å²) in [5, 5.41) is 3.15. The Hall–Kier alpha value is -2.95. The molecule has 0 radical (unpaired) electrons. The summed E-state index contributed by atoms with van der Waals surface area (Å²) in [6, 6.07) is 17.4. The van der Waals surface area contributed by atoms with Crippen molar-refractivity contribution in [1.29, 1.82) is 0 Å². The molecule has 1 heterocycles. The van der Waals surface area contributed by atoms with Crippen LogP contribution in [0.5, 0.6) is 5.75 Å². The predicted molar refractivity (Wildman–Crippen MR) is 81.5 cm³/mol. The Bertz CT molecular complexity index is 731. The number of aromatic nitrogens is 3. The van der Waals surface area contributed by atoms with Gasteiger partial charge in [0.05, 0.1) is 7.11 Å². The number of methoxy groups -OCH3 is 1. The lowest BCUT2D eigenvalue weighted by Crippen LogP contribution is -2.00. The number of rotatable bonds is 4. The average molecular weight is 278 g/mol. The molecular weight excluding hydrogens is 264 g/mol. The number of ether oxygens (including phenoxy) is 1. The quantitative estimate of drug-likeness (QED) is 0.793. The molecule has 0 atom stereocenters. The average Bonchev–Trinajstić information content (AvgIpc) is 2.56. The number of benzene rings is 2. The summed E-state index contributed by atoms with van der Waals surface area (Å²) in [5.74, 6) is 1.91. The normalized spacial score (nSPS) is 10.1. The van der Waals surface area contributed by atoms with E-state index < -0.39 is 0 Å². The predicted octanol–water partition coefficient (Wildman–Crippen LogP) is 3.29. The van der Waals surface area contributed by atoms with E-state index in [2.05, 4.69) is 20.3 Å². The smallest absolute Gasteiger partial charge is 0.230 e. The van der Waals surface area contributed by atoms with Crippen molar-refractivity contribution in [1.82, 2.24) is 15.0 Å². The van der Waals surface area contributed by atoms with E-state index in [-0.39, 0.29) is 0 Å². The second-order valence-electron chi connectivity index (χ2n) is 4.36. The van der Waals surface area contributed by atoms with Crippen molar-refractivity contribution in [3.63, 3.8) is 0 Å². The standard InChI is InChI=1S/C16H14N4O/c1-21-14-9-5-8-13(10-14)19-16-18-11-17-15(20-16)12-6-3-2-4-7-12/h2-11H,1H3,(H,17,18,19,20). The Balaban J connectivity index is 1.86. The molecule has 2 aromatic carbocycles. The summed E-state index contributed by atoms with van der Waals surface area (Å²) < 4.78 is 5.19. The number of nitrogens with zero attached hydrogens (tertiary/aromatic N) is 3. The lowest BCUT2D eigenvalue weighted by Gasteiger charge is -2.07. The first-order valence-electron chi connectivity index (χ1n) is 6.51. The summed E-state index contributed by atoms with van der Waals surface area (Å²) in [7, 11) is 1.63. The van der Waals surface area contributed by atoms with Crippen LogP contribution in [0.4, 0.5) is 11.6 Å². The van der Waals surface area contributed by atoms with E-state index in [4.69, 9.17) is 4.74 Å². The third kappa shape index (κ3) is 3.14. The Kier molecular flexibility index (Phi) is 3.73. The second kappa shape index (κ2) is 6.00. The number of anilines is 2. The highest BCUT2D eigenvalue weighted by Gasteiger charge is 2.04. The molecule has 0 saturated carbocycles. The molecule has 1 aromatic heterocycles. The van der Waals surface area contributed by atoms with E-state index in [9.17, 15) is 0 Å². The maximum atomic E-state index is 5.19. The number of nitrogens with one attached hydrogen (secondary N) is 1. The van der Waals surface area contributed by atoms with E-state index in [0.29, 0.717) is 11.8 Å². The highest BCUT2D eigenvalue weighted by Crippen LogP contribution is 2.20. The molecule has 5 heteroatoms. The number of hydrogen-bond donors (Lipinski definition) is 1. The molecule has 3 rings (SSSR count). The fraction of sp³-hybridized carbons (Fsp3) is 0.0625. The first-order valence-corrected chi connectivity index (χ1v) is 6.51. The van der Waals surface area contributed by atoms with Gasteiger partial charge in [0, 0.05) is 17.3 Å². The molecule has 0 saturated heterocycles. The van der Waals surface area contributed by atoms with Crippen molar-refractivity contribution in [2.45, 2.75) is 0 Å². The second-order valence-corrected chi connectivity index (χ2v) is 4.36. The molecule has 104 valence electrons. The van der Waals surface area contributed by atoms with Gasteiger partial charge in [-0.2, -0.15) is 4.98 Å². The maximum absolute atomic E-state index is 5.19. The van der Waals surface area contributed by atoms with Gasteiger partial charge in [-0.25, -0.2) is 9.97 Å². The zero-order chi connectivity index (χ0) is 14.5. The maximum Gasteiger partial charge on any atom is 0.230 e. The molecule has 0 aliphatic carbocycles. The zero-order valence-electron chi connectivity index (χ0n) is 11.5. The summed E-state index contributed by atoms with van der Waals surface area (Å²) in [6.45, 7) is 0. The number of hydrogen-bond acceptors (Lipinski definition) is 5. The van der Waals surface area contributed by atoms with Gasteiger partial charge in [-0.3, -0.25) is 0 Å². The van der Waals surface area contributed by atoms with Gasteiger partial charge < -0.3 is 10.1 Å². The Morgan fingerprint density at radius 1 is 0.952 bits per heavy atom. The summed E-state index contributed by atoms with van der Waals surface area (Å²) in [4.78, 5) is 12.8. The van der Waals surface area contributed by atoms with Crippen LogP contribution in [0.2, 0.25) is 0 Å². The van der Waals surface area contributed by atoms with Crippen molar-refractivity contribution >= 4 is 11.6 Å². The van der Waals surface area contributed by atoms with Gasteiger partial charge >= 0.3 is 0 Å². The largest absolute Gasteiger partial charge is 0.497 e. The SMILES string of the molecule is COc1cccc(Nc2ncnc(-c3ccccc3)n2)c1. The molecule has 0 aliphatic heterocycles. The third-order valence-corrected chi connectivity index (χ3v) is 2.93. The van der Waals surface area contributed by atoms with Gasteiger partial charge in [-0.05, 0) is 12.1 Å². The molecule has 0 unspecified atom stereocenters. The van der Waals surface area contributed by atoms with Crippen LogP contribution in [-0.4, -0.2) is 22.1 Å². The first kappa shape index (κ1) is 13.1. The molecule has 0 amide bonds. The molecular formula is C16H14N4O. The van der Waals surface area contributed by atoms with E-state index >= 15 is 0 Å². The van der Waals surface area contributed by atoms with Crippen LogP contribution < -0.4 is 10.1 Å². The van der Waals surface area contributed by atoms with Gasteiger partial charge in [0.15, 0.2) is 5.82 Å². The van der Waals surface area contributed by atoms with Gasteiger partial charge in [0.1, 0.15) is 12.1 Å². The topological polar surface area (TPSA) is 59.9 Å². The van der Waals surface area contributed by atoms with E-state index in [0.717, 1.165) is 17.0 Å². The minimum absolute atomic E-state index is 0.497. The van der Waals surface area contributed by atoms with E-state index in [1.54, 1.807) is 7.11 Å². The van der Waals surface area contributed by atoms with Crippen molar-refractivity contribution in [3.05, 3.63) is 60.9 Å². The van der Waals surface area contributed by atoms with Crippen molar-refractivity contribution < 1.29 is 4.74 Å². The van der Waals surface area contributed by atoms with Crippen LogP contribution in [0.25, 0.3) is 11.4 Å². The van der Waals surface area contributed by atoms with Crippen molar-refractivity contribution in [2.75, 3.05) is 12.4 Å². The van der Waals surface area contributed by atoms with Crippen LogP contribution >= 0.6 is 0 Å². The van der Waals surface area contributed by atoms with Crippen molar-refractivity contribution in [2.24, 2.45) is 0 Å². The van der Waals surface area contributed by atoms with Crippen molar-refractivity contribution in [3.8, 4) is 17.1 Å². The van der Waals surface area contributed by atoms with Crippen LogP contribution in [-0.2, 0) is 0 Å². The Labute approximate surface area is 122 Å². The molecule has 0 fully saturated rings. The van der Waals surface area contributed by atoms with Crippen LogP contribution in [0.1, 0.15) is 0 Å². The summed E-state index contributed by atoms with van der Waals surface area (Å²) in [6.07, 6.45) is 1.50. The molecule has 21 heavy (non-hydrogen) atoms. The van der Waals surface area contributed by atoms with E-state index in [1.165, 1.54) is 6.33 Å². The Morgan fingerprint density at radius 3 is 2.62 bits per heavy atom. The molecule has 3 aromatic rings. The fourth-order valence-corrected chi connectivity index (χ4v) is 1.91. The van der Waals surface area contributed by atoms with Crippen LogP contribution in [0.3, 0.4) is 0 Å². The minimum Gasteiger partial charge on any atom is -0.497 e. The summed E-state index contributed by atoms with van der Waals surface area (Å²) >= 11 is 0. The minimum atomic E-state index is 0.497. The van der Waals surface area contributed by atoms with Crippen LogP contribution in [0, 0.1) is 0 Å². The van der Waals surface area contributed by atoms with Crippen LogP contribution in [0.15, 0.2) is 60.9 Å². The molecule has 0 aliphatic rings. The highest BCUT2D eigenvalue weighted by molar-refractivity contribution is 5.59. The molecule has 0 spiro atoms. The molecule has 5 nitrogen and oxygen atoms in total. The lowest BCUT2D eigenvalue weighted by atomic mass is 10.2. The van der Waals surface area contributed by atoms with Gasteiger partial charge in [0.25, 0.3) is 0 Å². The molecule has 1 N–H and O–H groups in total.